The van der Waals surface area contributed by atoms with E-state index in [4.69, 9.17) is 18.0 Å². The minimum atomic E-state index is -0.115. The Labute approximate surface area is 120 Å². The van der Waals surface area contributed by atoms with Crippen molar-refractivity contribution in [3.05, 3.63) is 35.4 Å². The summed E-state index contributed by atoms with van der Waals surface area (Å²) in [6, 6.07) is 7.52. The van der Waals surface area contributed by atoms with E-state index >= 15 is 0 Å². The first kappa shape index (κ1) is 15.6. The molecule has 1 aromatic carbocycles. The van der Waals surface area contributed by atoms with Crippen LogP contribution in [0.5, 0.6) is 0 Å². The van der Waals surface area contributed by atoms with E-state index in [0.717, 1.165) is 17.5 Å². The van der Waals surface area contributed by atoms with Crippen molar-refractivity contribution in [3.8, 4) is 0 Å². The third kappa shape index (κ3) is 4.03. The SMILES string of the molecule is CCC(C)(C)N(C)C(=O)Cc1ccc(C(N)=S)cc1. The fourth-order valence-corrected chi connectivity index (χ4v) is 1.79. The Hall–Kier alpha value is -1.42. The largest absolute Gasteiger partial charge is 0.389 e. The average Bonchev–Trinajstić information content (AvgIpc) is 2.38. The summed E-state index contributed by atoms with van der Waals surface area (Å²) in [6.45, 7) is 6.22. The Balaban J connectivity index is 2.74. The van der Waals surface area contributed by atoms with Crippen molar-refractivity contribution in [2.45, 2.75) is 39.2 Å². The molecular weight excluding hydrogens is 256 g/mol. The minimum Gasteiger partial charge on any atom is -0.389 e. The predicted molar refractivity (Wildman–Crippen MR) is 83.2 cm³/mol. The van der Waals surface area contributed by atoms with Crippen LogP contribution in [0.4, 0.5) is 0 Å². The lowest BCUT2D eigenvalue weighted by Crippen LogP contribution is -2.45. The number of amides is 1. The Kier molecular flexibility index (Phi) is 5.06. The topological polar surface area (TPSA) is 46.3 Å². The Morgan fingerprint density at radius 3 is 2.26 bits per heavy atom. The molecule has 4 heteroatoms. The summed E-state index contributed by atoms with van der Waals surface area (Å²) in [5.41, 5.74) is 7.23. The Morgan fingerprint density at radius 1 is 1.32 bits per heavy atom. The number of nitrogens with zero attached hydrogens (tertiary/aromatic N) is 1. The highest BCUT2D eigenvalue weighted by molar-refractivity contribution is 7.80. The van der Waals surface area contributed by atoms with Crippen LogP contribution in [0, 0.1) is 0 Å². The van der Waals surface area contributed by atoms with Crippen LogP contribution in [0.1, 0.15) is 38.3 Å². The molecule has 0 saturated heterocycles. The summed E-state index contributed by atoms with van der Waals surface area (Å²) in [5, 5.41) is 0. The van der Waals surface area contributed by atoms with Gasteiger partial charge in [-0.1, -0.05) is 43.4 Å². The summed E-state index contributed by atoms with van der Waals surface area (Å²) < 4.78 is 0. The number of carbonyl (C=O) groups is 1. The van der Waals surface area contributed by atoms with Crippen LogP contribution in [0.25, 0.3) is 0 Å². The number of nitrogens with two attached hydrogens (primary N) is 1. The lowest BCUT2D eigenvalue weighted by Gasteiger charge is -2.35. The first-order chi connectivity index (χ1) is 8.77. The van der Waals surface area contributed by atoms with E-state index in [1.54, 1.807) is 0 Å². The lowest BCUT2D eigenvalue weighted by atomic mass is 9.99. The summed E-state index contributed by atoms with van der Waals surface area (Å²) >= 11 is 4.90. The van der Waals surface area contributed by atoms with Crippen LogP contribution in [0.2, 0.25) is 0 Å². The van der Waals surface area contributed by atoms with E-state index in [-0.39, 0.29) is 11.4 Å². The van der Waals surface area contributed by atoms with Crippen molar-refractivity contribution in [2.75, 3.05) is 7.05 Å². The van der Waals surface area contributed by atoms with Crippen molar-refractivity contribution >= 4 is 23.1 Å². The fourth-order valence-electron chi connectivity index (χ4n) is 1.65. The molecular formula is C15H22N2OS. The summed E-state index contributed by atoms with van der Waals surface area (Å²) in [6.07, 6.45) is 1.33. The molecule has 1 amide bonds. The number of likely N-dealkylation sites (N-methyl/N-ethyl adjacent to an activating group) is 1. The highest BCUT2D eigenvalue weighted by Crippen LogP contribution is 2.18. The third-order valence-corrected chi connectivity index (χ3v) is 3.98. The maximum absolute atomic E-state index is 12.2. The molecule has 19 heavy (non-hydrogen) atoms. The van der Waals surface area contributed by atoms with Crippen LogP contribution < -0.4 is 5.73 Å². The first-order valence-electron chi connectivity index (χ1n) is 6.43. The molecule has 104 valence electrons. The van der Waals surface area contributed by atoms with Crippen LogP contribution in [-0.4, -0.2) is 28.4 Å². The van der Waals surface area contributed by atoms with E-state index in [0.29, 0.717) is 11.4 Å². The number of benzene rings is 1. The van der Waals surface area contributed by atoms with Crippen LogP contribution in [0.15, 0.2) is 24.3 Å². The molecule has 1 rings (SSSR count). The van der Waals surface area contributed by atoms with Gasteiger partial charge >= 0.3 is 0 Å². The van der Waals surface area contributed by atoms with Gasteiger partial charge in [-0.05, 0) is 25.8 Å². The third-order valence-electron chi connectivity index (χ3n) is 3.74. The zero-order valence-corrected chi connectivity index (χ0v) is 12.9. The number of hydrogen-bond acceptors (Lipinski definition) is 2. The summed E-state index contributed by atoms with van der Waals surface area (Å²) in [4.78, 5) is 14.4. The number of carbonyl (C=O) groups excluding carboxylic acids is 1. The first-order valence-corrected chi connectivity index (χ1v) is 6.84. The predicted octanol–water partition coefficient (Wildman–Crippen LogP) is 2.51. The molecule has 3 nitrogen and oxygen atoms in total. The van der Waals surface area contributed by atoms with Gasteiger partial charge < -0.3 is 10.6 Å². The van der Waals surface area contributed by atoms with E-state index < -0.39 is 0 Å². The van der Waals surface area contributed by atoms with Gasteiger partial charge in [0.1, 0.15) is 4.99 Å². The van der Waals surface area contributed by atoms with Gasteiger partial charge in [-0.3, -0.25) is 4.79 Å². The summed E-state index contributed by atoms with van der Waals surface area (Å²) in [5.74, 6) is 0.120. The molecule has 0 radical (unpaired) electrons. The molecule has 0 aliphatic carbocycles. The van der Waals surface area contributed by atoms with Gasteiger partial charge in [-0.15, -0.1) is 0 Å². The van der Waals surface area contributed by atoms with Gasteiger partial charge in [0.25, 0.3) is 0 Å². The molecule has 0 atom stereocenters. The Morgan fingerprint density at radius 2 is 1.84 bits per heavy atom. The molecule has 2 N–H and O–H groups in total. The molecule has 0 spiro atoms. The van der Waals surface area contributed by atoms with Gasteiger partial charge in [0.05, 0.1) is 6.42 Å². The van der Waals surface area contributed by atoms with Gasteiger partial charge in [0.15, 0.2) is 0 Å². The normalized spacial score (nSPS) is 11.2. The molecule has 0 aliphatic rings. The highest BCUT2D eigenvalue weighted by Gasteiger charge is 2.25. The zero-order chi connectivity index (χ0) is 14.6. The zero-order valence-electron chi connectivity index (χ0n) is 12.1. The second-order valence-corrected chi connectivity index (χ2v) is 5.80. The van der Waals surface area contributed by atoms with Crippen LogP contribution in [0.3, 0.4) is 0 Å². The number of thiocarbonyl (C=S) groups is 1. The molecule has 0 heterocycles. The van der Waals surface area contributed by atoms with Gasteiger partial charge in [0, 0.05) is 18.2 Å². The minimum absolute atomic E-state index is 0.115. The average molecular weight is 278 g/mol. The monoisotopic (exact) mass is 278 g/mol. The number of hydrogen-bond donors (Lipinski definition) is 1. The maximum Gasteiger partial charge on any atom is 0.227 e. The van der Waals surface area contributed by atoms with E-state index in [2.05, 4.69) is 20.8 Å². The standard InChI is InChI=1S/C15H22N2OS/c1-5-15(2,3)17(4)13(18)10-11-6-8-12(9-7-11)14(16)19/h6-9H,5,10H2,1-4H3,(H2,16,19). The van der Waals surface area contributed by atoms with E-state index in [1.165, 1.54) is 0 Å². The number of rotatable bonds is 5. The van der Waals surface area contributed by atoms with Crippen molar-refractivity contribution in [3.63, 3.8) is 0 Å². The maximum atomic E-state index is 12.2. The van der Waals surface area contributed by atoms with Crippen molar-refractivity contribution in [1.82, 2.24) is 4.90 Å². The van der Waals surface area contributed by atoms with E-state index in [1.807, 2.05) is 36.2 Å². The highest BCUT2D eigenvalue weighted by atomic mass is 32.1. The lowest BCUT2D eigenvalue weighted by molar-refractivity contribution is -0.133. The second kappa shape index (κ2) is 6.15. The smallest absolute Gasteiger partial charge is 0.227 e. The van der Waals surface area contributed by atoms with Crippen LogP contribution in [-0.2, 0) is 11.2 Å². The molecule has 0 unspecified atom stereocenters. The van der Waals surface area contributed by atoms with Gasteiger partial charge in [0.2, 0.25) is 5.91 Å². The Bertz CT molecular complexity index is 466. The quantitative estimate of drug-likeness (QED) is 0.842. The van der Waals surface area contributed by atoms with Gasteiger partial charge in [-0.25, -0.2) is 0 Å². The molecule has 0 bridgehead atoms. The molecule has 0 aliphatic heterocycles. The second-order valence-electron chi connectivity index (χ2n) is 5.36. The summed E-state index contributed by atoms with van der Waals surface area (Å²) in [7, 11) is 1.86. The van der Waals surface area contributed by atoms with Crippen LogP contribution >= 0.6 is 12.2 Å². The molecule has 1 aromatic rings. The molecule has 0 saturated carbocycles. The van der Waals surface area contributed by atoms with Crippen molar-refractivity contribution in [2.24, 2.45) is 5.73 Å². The fraction of sp³-hybridized carbons (Fsp3) is 0.467. The van der Waals surface area contributed by atoms with Crippen molar-refractivity contribution in [1.29, 1.82) is 0 Å². The molecule has 0 aromatic heterocycles. The molecule has 0 fully saturated rings. The van der Waals surface area contributed by atoms with Gasteiger partial charge in [-0.2, -0.15) is 0 Å². The van der Waals surface area contributed by atoms with E-state index in [9.17, 15) is 4.79 Å². The van der Waals surface area contributed by atoms with Crippen molar-refractivity contribution < 1.29 is 4.79 Å².